The second-order valence-electron chi connectivity index (χ2n) is 8.43. The molecule has 0 spiro atoms. The molecule has 2 unspecified atom stereocenters. The highest BCUT2D eigenvalue weighted by molar-refractivity contribution is 5.95. The first-order chi connectivity index (χ1) is 14.0. The number of amides is 1. The van der Waals surface area contributed by atoms with Crippen LogP contribution < -0.4 is 10.2 Å². The summed E-state index contributed by atoms with van der Waals surface area (Å²) >= 11 is 0. The molecule has 9 heteroatoms. The maximum absolute atomic E-state index is 13.6. The Labute approximate surface area is 172 Å². The van der Waals surface area contributed by atoms with E-state index in [1.807, 2.05) is 0 Å². The number of hydrogen-bond acceptors (Lipinski definition) is 5. The fourth-order valence-electron chi connectivity index (χ4n) is 3.58. The van der Waals surface area contributed by atoms with Gasteiger partial charge in [0.2, 0.25) is 0 Å². The van der Waals surface area contributed by atoms with Crippen molar-refractivity contribution in [2.24, 2.45) is 5.92 Å². The van der Waals surface area contributed by atoms with Gasteiger partial charge in [0, 0.05) is 29.4 Å². The van der Waals surface area contributed by atoms with Crippen LogP contribution in [0.25, 0.3) is 10.9 Å². The van der Waals surface area contributed by atoms with Gasteiger partial charge < -0.3 is 15.0 Å². The summed E-state index contributed by atoms with van der Waals surface area (Å²) in [6.07, 6.45) is -4.88. The number of rotatable bonds is 2. The fraction of sp³-hybridized carbons (Fsp3) is 0.476. The minimum absolute atomic E-state index is 0.111. The molecule has 2 heterocycles. The quantitative estimate of drug-likeness (QED) is 0.780. The Morgan fingerprint density at radius 1 is 1.27 bits per heavy atom. The van der Waals surface area contributed by atoms with Gasteiger partial charge in [0.25, 0.3) is 0 Å². The summed E-state index contributed by atoms with van der Waals surface area (Å²) in [5.41, 5.74) is 0.727. The Kier molecular flexibility index (Phi) is 5.79. The average molecular weight is 420 g/mol. The molecule has 0 radical (unpaired) electrons. The Bertz CT molecular complexity index is 979. The van der Waals surface area contributed by atoms with Gasteiger partial charge in [0.1, 0.15) is 12.2 Å². The summed E-state index contributed by atoms with van der Waals surface area (Å²) in [6, 6.07) is 8.61. The first kappa shape index (κ1) is 21.7. The van der Waals surface area contributed by atoms with Crippen LogP contribution in [-0.2, 0) is 4.74 Å². The zero-order valence-corrected chi connectivity index (χ0v) is 17.0. The highest BCUT2D eigenvalue weighted by Crippen LogP contribution is 2.38. The van der Waals surface area contributed by atoms with E-state index in [9.17, 15) is 23.2 Å². The number of pyridine rings is 1. The van der Waals surface area contributed by atoms with Crippen LogP contribution in [0.3, 0.4) is 0 Å². The Hall–Kier alpha value is -3.02. The molecule has 1 N–H and O–H groups in total. The molecular weight excluding hydrogens is 397 g/mol. The van der Waals surface area contributed by atoms with Crippen LogP contribution in [0.15, 0.2) is 30.5 Å². The summed E-state index contributed by atoms with van der Waals surface area (Å²) < 4.78 is 46.2. The first-order valence-corrected chi connectivity index (χ1v) is 9.56. The number of anilines is 1. The number of hydrogen-bond donors (Lipinski definition) is 1. The topological polar surface area (TPSA) is 78.2 Å². The monoisotopic (exact) mass is 420 g/mol. The van der Waals surface area contributed by atoms with Crippen molar-refractivity contribution in [3.05, 3.63) is 36.0 Å². The van der Waals surface area contributed by atoms with E-state index in [1.165, 1.54) is 6.20 Å². The molecule has 1 aromatic carbocycles. The van der Waals surface area contributed by atoms with Crippen LogP contribution in [-0.4, -0.2) is 42.0 Å². The van der Waals surface area contributed by atoms with Crippen molar-refractivity contribution >= 4 is 22.7 Å². The van der Waals surface area contributed by atoms with Crippen molar-refractivity contribution in [1.82, 2.24) is 10.3 Å². The average Bonchev–Trinajstić information content (AvgIpc) is 2.64. The smallest absolute Gasteiger partial charge is 0.407 e. The molecule has 1 amide bonds. The number of alkyl carbamates (subject to hydrolysis) is 1. The van der Waals surface area contributed by atoms with Crippen LogP contribution in [0.5, 0.6) is 0 Å². The van der Waals surface area contributed by atoms with E-state index in [-0.39, 0.29) is 19.5 Å². The molecule has 1 fully saturated rings. The zero-order valence-electron chi connectivity index (χ0n) is 17.0. The van der Waals surface area contributed by atoms with Gasteiger partial charge in [-0.05, 0) is 51.5 Å². The summed E-state index contributed by atoms with van der Waals surface area (Å²) in [5.74, 6) is -1.65. The van der Waals surface area contributed by atoms with Gasteiger partial charge in [-0.15, -0.1) is 0 Å². The lowest BCUT2D eigenvalue weighted by Crippen LogP contribution is -2.51. The number of piperidine rings is 1. The zero-order chi connectivity index (χ0) is 22.1. The maximum Gasteiger partial charge on any atom is 0.407 e. The summed E-state index contributed by atoms with van der Waals surface area (Å²) in [6.45, 7) is 5.13. The molecule has 160 valence electrons. The van der Waals surface area contributed by atoms with Gasteiger partial charge in [-0.25, -0.2) is 4.79 Å². The number of nitrogens with one attached hydrogen (secondary N) is 1. The van der Waals surface area contributed by atoms with Crippen LogP contribution >= 0.6 is 0 Å². The van der Waals surface area contributed by atoms with Gasteiger partial charge in [-0.2, -0.15) is 18.4 Å². The lowest BCUT2D eigenvalue weighted by atomic mass is 9.94. The number of alkyl halides is 3. The van der Waals surface area contributed by atoms with Gasteiger partial charge >= 0.3 is 12.3 Å². The molecule has 3 rings (SSSR count). The van der Waals surface area contributed by atoms with E-state index in [0.717, 1.165) is 0 Å². The predicted molar refractivity (Wildman–Crippen MR) is 106 cm³/mol. The molecule has 1 saturated heterocycles. The van der Waals surface area contributed by atoms with E-state index in [1.54, 1.807) is 49.9 Å². The highest BCUT2D eigenvalue weighted by atomic mass is 19.4. The summed E-state index contributed by atoms with van der Waals surface area (Å²) in [7, 11) is 0. The number of aromatic nitrogens is 1. The van der Waals surface area contributed by atoms with Crippen LogP contribution in [0, 0.1) is 17.2 Å². The second-order valence-corrected chi connectivity index (χ2v) is 8.43. The molecule has 1 aromatic heterocycles. The van der Waals surface area contributed by atoms with Crippen LogP contribution in [0.1, 0.15) is 32.8 Å². The Balaban J connectivity index is 1.93. The van der Waals surface area contributed by atoms with E-state index in [2.05, 4.69) is 16.4 Å². The predicted octanol–water partition coefficient (Wildman–Crippen LogP) is 4.39. The van der Waals surface area contributed by atoms with Gasteiger partial charge in [-0.3, -0.25) is 4.98 Å². The molecule has 1 aliphatic heterocycles. The number of nitriles is 1. The van der Waals surface area contributed by atoms with Crippen LogP contribution in [0.2, 0.25) is 0 Å². The van der Waals surface area contributed by atoms with Gasteiger partial charge in [-0.1, -0.05) is 0 Å². The van der Waals surface area contributed by atoms with Crippen LogP contribution in [0.4, 0.5) is 23.7 Å². The largest absolute Gasteiger partial charge is 0.444 e. The minimum Gasteiger partial charge on any atom is -0.444 e. The molecule has 0 aliphatic carbocycles. The SMILES string of the molecule is CC(C)(C)NC(=O)OC1CC(C(F)(F)F)CN(c2ccc(C#N)c3ncccc23)C1. The van der Waals surface area contributed by atoms with E-state index in [0.29, 0.717) is 22.2 Å². The summed E-state index contributed by atoms with van der Waals surface area (Å²) in [4.78, 5) is 17.9. The number of carbonyl (C=O) groups excluding carboxylic acids is 1. The van der Waals surface area contributed by atoms with Gasteiger partial charge in [0.05, 0.1) is 23.5 Å². The molecule has 30 heavy (non-hydrogen) atoms. The fourth-order valence-corrected chi connectivity index (χ4v) is 3.58. The molecule has 0 saturated carbocycles. The third kappa shape index (κ3) is 4.93. The second kappa shape index (κ2) is 8.01. The normalized spacial score (nSPS) is 20.0. The number of fused-ring (bicyclic) bond motifs is 1. The van der Waals surface area contributed by atoms with E-state index in [4.69, 9.17) is 4.74 Å². The lowest BCUT2D eigenvalue weighted by molar-refractivity contribution is -0.182. The molecule has 0 bridgehead atoms. The number of carbonyl (C=O) groups is 1. The molecular formula is C21H23F3N4O2. The number of nitrogens with zero attached hydrogens (tertiary/aromatic N) is 3. The van der Waals surface area contributed by atoms with Crippen molar-refractivity contribution in [2.45, 2.75) is 45.0 Å². The third-order valence-electron chi connectivity index (χ3n) is 4.83. The summed E-state index contributed by atoms with van der Waals surface area (Å²) in [5, 5.41) is 12.5. The molecule has 2 aromatic rings. The van der Waals surface area contributed by atoms with Crippen molar-refractivity contribution in [2.75, 3.05) is 18.0 Å². The molecule has 1 aliphatic rings. The van der Waals surface area contributed by atoms with Crippen molar-refractivity contribution in [3.8, 4) is 6.07 Å². The minimum atomic E-state index is -4.43. The third-order valence-corrected chi connectivity index (χ3v) is 4.83. The first-order valence-electron chi connectivity index (χ1n) is 9.56. The van der Waals surface area contributed by atoms with Crippen molar-refractivity contribution in [3.63, 3.8) is 0 Å². The Morgan fingerprint density at radius 2 is 2.00 bits per heavy atom. The number of halogens is 3. The number of benzene rings is 1. The highest BCUT2D eigenvalue weighted by Gasteiger charge is 2.46. The Morgan fingerprint density at radius 3 is 2.63 bits per heavy atom. The number of ether oxygens (including phenoxy) is 1. The van der Waals surface area contributed by atoms with E-state index < -0.39 is 29.8 Å². The lowest BCUT2D eigenvalue weighted by Gasteiger charge is -2.40. The maximum atomic E-state index is 13.6. The van der Waals surface area contributed by atoms with Crippen molar-refractivity contribution < 1.29 is 22.7 Å². The molecule has 6 nitrogen and oxygen atoms in total. The van der Waals surface area contributed by atoms with Gasteiger partial charge in [0.15, 0.2) is 0 Å². The van der Waals surface area contributed by atoms with Crippen molar-refractivity contribution in [1.29, 1.82) is 5.26 Å². The van der Waals surface area contributed by atoms with E-state index >= 15 is 0 Å². The standard InChI is InChI=1S/C21H23F3N4O2/c1-20(2,3)27-19(29)30-15-9-14(21(22,23)24)11-28(12-15)17-7-6-13(10-25)18-16(17)5-4-8-26-18/h4-8,14-15H,9,11-12H2,1-3H3,(H,27,29). The molecule has 2 atom stereocenters.